The summed E-state index contributed by atoms with van der Waals surface area (Å²) in [5.74, 6) is -1.12. The van der Waals surface area contributed by atoms with Crippen LogP contribution >= 0.6 is 0 Å². The molecule has 33 heavy (non-hydrogen) atoms. The summed E-state index contributed by atoms with van der Waals surface area (Å²) < 4.78 is 18.8. The molecule has 1 aromatic heterocycles. The van der Waals surface area contributed by atoms with E-state index in [-0.39, 0.29) is 42.2 Å². The minimum atomic E-state index is -0.726. The van der Waals surface area contributed by atoms with Gasteiger partial charge in [0.1, 0.15) is 5.56 Å². The van der Waals surface area contributed by atoms with Crippen LogP contribution in [0.15, 0.2) is 41.3 Å². The van der Waals surface area contributed by atoms with Gasteiger partial charge in [-0.3, -0.25) is 9.59 Å². The van der Waals surface area contributed by atoms with Crippen LogP contribution in [0.5, 0.6) is 5.75 Å². The standard InChI is InChI=1S/C25H30N2O6/c1-3-5-13-32-22-20-23(29)26-12-9-14-33-24(26)19(15-17-10-7-6-8-11-17)27(20)16-18(21(22)28)25(30)31-4-2/h6-8,10-11,16,19,24H,3-5,9,12-15H2,1-2H3/t19-,24-/m0/s1. The number of hydrogen-bond acceptors (Lipinski definition) is 6. The van der Waals surface area contributed by atoms with E-state index in [9.17, 15) is 14.4 Å². The Morgan fingerprint density at radius 1 is 1.18 bits per heavy atom. The number of aromatic nitrogens is 1. The topological polar surface area (TPSA) is 87.1 Å². The van der Waals surface area contributed by atoms with Gasteiger partial charge in [-0.2, -0.15) is 0 Å². The zero-order chi connectivity index (χ0) is 23.4. The van der Waals surface area contributed by atoms with Crippen molar-refractivity contribution in [2.24, 2.45) is 0 Å². The third-order valence-electron chi connectivity index (χ3n) is 6.01. The number of carbonyl (C=O) groups is 2. The highest BCUT2D eigenvalue weighted by Gasteiger charge is 2.44. The van der Waals surface area contributed by atoms with Gasteiger partial charge in [-0.1, -0.05) is 43.7 Å². The molecule has 176 valence electrons. The molecule has 4 rings (SSSR count). The highest BCUT2D eigenvalue weighted by Crippen LogP contribution is 2.36. The smallest absolute Gasteiger partial charge is 0.343 e. The minimum Gasteiger partial charge on any atom is -0.487 e. The van der Waals surface area contributed by atoms with Gasteiger partial charge < -0.3 is 23.7 Å². The first-order valence-corrected chi connectivity index (χ1v) is 11.6. The normalized spacial score (nSPS) is 19.6. The second-order valence-corrected chi connectivity index (χ2v) is 8.25. The van der Waals surface area contributed by atoms with Gasteiger partial charge in [0.2, 0.25) is 5.43 Å². The van der Waals surface area contributed by atoms with Crippen LogP contribution in [0.1, 0.15) is 65.6 Å². The molecule has 8 nitrogen and oxygen atoms in total. The summed E-state index contributed by atoms with van der Waals surface area (Å²) >= 11 is 0. The number of carbonyl (C=O) groups excluding carboxylic acids is 2. The predicted molar refractivity (Wildman–Crippen MR) is 122 cm³/mol. The first-order chi connectivity index (χ1) is 16.1. The monoisotopic (exact) mass is 454 g/mol. The molecule has 2 aliphatic heterocycles. The lowest BCUT2D eigenvalue weighted by atomic mass is 9.98. The first kappa shape index (κ1) is 23.0. The van der Waals surface area contributed by atoms with Crippen LogP contribution in [0.4, 0.5) is 0 Å². The van der Waals surface area contributed by atoms with Crippen molar-refractivity contribution < 1.29 is 23.8 Å². The molecule has 0 bridgehead atoms. The summed E-state index contributed by atoms with van der Waals surface area (Å²) in [6.45, 7) is 5.19. The Labute approximate surface area is 193 Å². The fraction of sp³-hybridized carbons (Fsp3) is 0.480. The van der Waals surface area contributed by atoms with E-state index in [1.807, 2.05) is 37.3 Å². The molecule has 0 spiro atoms. The Morgan fingerprint density at radius 2 is 1.97 bits per heavy atom. The number of benzene rings is 1. The SMILES string of the molecule is CCCCOc1c2n(cc(C(=O)OCC)c1=O)[C@@H](Cc1ccccc1)[C@@H]1OCCCN1C2=O. The fourth-order valence-electron chi connectivity index (χ4n) is 4.41. The highest BCUT2D eigenvalue weighted by molar-refractivity contribution is 5.98. The lowest BCUT2D eigenvalue weighted by Gasteiger charge is -2.45. The molecule has 1 saturated heterocycles. The number of hydrogen-bond donors (Lipinski definition) is 0. The van der Waals surface area contributed by atoms with Gasteiger partial charge in [-0.15, -0.1) is 0 Å². The Hall–Kier alpha value is -3.13. The van der Waals surface area contributed by atoms with E-state index in [0.29, 0.717) is 19.6 Å². The number of rotatable bonds is 8. The Kier molecular flexibility index (Phi) is 7.13. The largest absolute Gasteiger partial charge is 0.487 e. The summed E-state index contributed by atoms with van der Waals surface area (Å²) in [5.41, 5.74) is 0.481. The van der Waals surface area contributed by atoms with Crippen LogP contribution in [0.25, 0.3) is 0 Å². The molecule has 2 aromatic rings. The summed E-state index contributed by atoms with van der Waals surface area (Å²) in [7, 11) is 0. The van der Waals surface area contributed by atoms with Crippen LogP contribution in [0.3, 0.4) is 0 Å². The Bertz CT molecular complexity index is 1060. The Balaban J connectivity index is 1.89. The maximum Gasteiger partial charge on any atom is 0.343 e. The van der Waals surface area contributed by atoms with Gasteiger partial charge in [0, 0.05) is 12.7 Å². The van der Waals surface area contributed by atoms with Crippen molar-refractivity contribution in [3.8, 4) is 5.75 Å². The number of pyridine rings is 1. The average molecular weight is 455 g/mol. The summed E-state index contributed by atoms with van der Waals surface area (Å²) in [4.78, 5) is 41.2. The van der Waals surface area contributed by atoms with E-state index in [1.54, 1.807) is 16.4 Å². The first-order valence-electron chi connectivity index (χ1n) is 11.6. The van der Waals surface area contributed by atoms with E-state index in [4.69, 9.17) is 14.2 Å². The van der Waals surface area contributed by atoms with Gasteiger partial charge in [0.25, 0.3) is 5.91 Å². The number of nitrogens with zero attached hydrogens (tertiary/aromatic N) is 2. The summed E-state index contributed by atoms with van der Waals surface area (Å²) in [6, 6.07) is 9.55. The van der Waals surface area contributed by atoms with Crippen LogP contribution in [-0.2, 0) is 15.9 Å². The number of amides is 1. The van der Waals surface area contributed by atoms with Crippen LogP contribution in [-0.4, -0.2) is 53.9 Å². The predicted octanol–water partition coefficient (Wildman–Crippen LogP) is 3.19. The minimum absolute atomic E-state index is 0.0823. The maximum atomic E-state index is 13.6. The van der Waals surface area contributed by atoms with Crippen LogP contribution < -0.4 is 10.2 Å². The van der Waals surface area contributed by atoms with Gasteiger partial charge in [-0.05, 0) is 31.7 Å². The molecule has 2 aliphatic rings. The molecule has 0 radical (unpaired) electrons. The van der Waals surface area contributed by atoms with Crippen molar-refractivity contribution in [1.29, 1.82) is 0 Å². The second-order valence-electron chi connectivity index (χ2n) is 8.25. The molecule has 0 unspecified atom stereocenters. The molecule has 0 aliphatic carbocycles. The van der Waals surface area contributed by atoms with E-state index >= 15 is 0 Å². The van der Waals surface area contributed by atoms with Crippen molar-refractivity contribution in [3.05, 3.63) is 63.6 Å². The zero-order valence-corrected chi connectivity index (χ0v) is 19.1. The molecule has 3 heterocycles. The molecule has 0 saturated carbocycles. The van der Waals surface area contributed by atoms with E-state index in [0.717, 1.165) is 24.8 Å². The maximum absolute atomic E-state index is 13.6. The quantitative estimate of drug-likeness (QED) is 0.450. The third kappa shape index (κ3) is 4.53. The van der Waals surface area contributed by atoms with E-state index in [2.05, 4.69) is 0 Å². The molecule has 1 amide bonds. The van der Waals surface area contributed by atoms with Gasteiger partial charge in [0.05, 0.1) is 25.9 Å². The lowest BCUT2D eigenvalue weighted by Crippen LogP contribution is -2.56. The van der Waals surface area contributed by atoms with Gasteiger partial charge in [-0.25, -0.2) is 4.79 Å². The van der Waals surface area contributed by atoms with Crippen LogP contribution in [0.2, 0.25) is 0 Å². The van der Waals surface area contributed by atoms with E-state index < -0.39 is 17.6 Å². The fourth-order valence-corrected chi connectivity index (χ4v) is 4.41. The number of esters is 1. The second kappa shape index (κ2) is 10.2. The third-order valence-corrected chi connectivity index (χ3v) is 6.01. The van der Waals surface area contributed by atoms with Crippen molar-refractivity contribution in [2.75, 3.05) is 26.4 Å². The van der Waals surface area contributed by atoms with Gasteiger partial charge >= 0.3 is 5.97 Å². The molecular weight excluding hydrogens is 424 g/mol. The van der Waals surface area contributed by atoms with Crippen LogP contribution in [0, 0.1) is 0 Å². The Morgan fingerprint density at radius 3 is 2.70 bits per heavy atom. The molecule has 0 N–H and O–H groups in total. The number of ether oxygens (including phenoxy) is 3. The highest BCUT2D eigenvalue weighted by atomic mass is 16.5. The van der Waals surface area contributed by atoms with Crippen molar-refractivity contribution >= 4 is 11.9 Å². The molecule has 1 fully saturated rings. The molecule has 1 aromatic carbocycles. The lowest BCUT2D eigenvalue weighted by molar-refractivity contribution is -0.111. The van der Waals surface area contributed by atoms with Crippen molar-refractivity contribution in [2.45, 2.75) is 51.8 Å². The van der Waals surface area contributed by atoms with Crippen molar-refractivity contribution in [1.82, 2.24) is 9.47 Å². The number of unbranched alkanes of at least 4 members (excludes halogenated alkanes) is 1. The molecular formula is C25H30N2O6. The molecule has 2 atom stereocenters. The average Bonchev–Trinajstić information content (AvgIpc) is 2.83. The summed E-state index contributed by atoms with van der Waals surface area (Å²) in [6.07, 6.45) is 3.82. The summed E-state index contributed by atoms with van der Waals surface area (Å²) in [5, 5.41) is 0. The van der Waals surface area contributed by atoms with Gasteiger partial charge in [0.15, 0.2) is 17.7 Å². The van der Waals surface area contributed by atoms with Crippen molar-refractivity contribution in [3.63, 3.8) is 0 Å². The number of fused-ring (bicyclic) bond motifs is 2. The zero-order valence-electron chi connectivity index (χ0n) is 19.1. The molecule has 8 heteroatoms. The van der Waals surface area contributed by atoms with E-state index in [1.165, 1.54) is 6.20 Å².